The highest BCUT2D eigenvalue weighted by Gasteiger charge is 2.39. The fourth-order valence-corrected chi connectivity index (χ4v) is 3.59. The lowest BCUT2D eigenvalue weighted by atomic mass is 9.91. The molecule has 0 saturated carbocycles. The summed E-state index contributed by atoms with van der Waals surface area (Å²) in [6, 6.07) is 9.56. The van der Waals surface area contributed by atoms with Crippen molar-refractivity contribution in [3.63, 3.8) is 0 Å². The Bertz CT molecular complexity index is 1130. The van der Waals surface area contributed by atoms with Gasteiger partial charge in [-0.2, -0.15) is 0 Å². The van der Waals surface area contributed by atoms with Crippen molar-refractivity contribution < 1.29 is 28.7 Å². The smallest absolute Gasteiger partial charge is 0.338 e. The molecule has 1 aliphatic heterocycles. The minimum absolute atomic E-state index is 0.0308. The van der Waals surface area contributed by atoms with Crippen LogP contribution in [-0.4, -0.2) is 36.2 Å². The average molecular weight is 469 g/mol. The van der Waals surface area contributed by atoms with E-state index in [0.29, 0.717) is 5.56 Å². The lowest BCUT2D eigenvalue weighted by Gasteiger charge is -2.30. The molecule has 0 aliphatic carbocycles. The number of rotatable bonds is 8. The predicted molar refractivity (Wildman–Crippen MR) is 124 cm³/mol. The SMILES string of the molecule is COc1cc([N+](=O)[O-])c(C2NC(=O)NC(c3ccccc3)=C2C(=O)OC(C)C)cc1OC(C)C. The maximum Gasteiger partial charge on any atom is 0.338 e. The number of ether oxygens (including phenoxy) is 3. The Kier molecular flexibility index (Phi) is 7.40. The highest BCUT2D eigenvalue weighted by molar-refractivity contribution is 6.05. The molecule has 2 aromatic rings. The second kappa shape index (κ2) is 10.2. The van der Waals surface area contributed by atoms with E-state index >= 15 is 0 Å². The molecule has 180 valence electrons. The van der Waals surface area contributed by atoms with Crippen LogP contribution in [0.1, 0.15) is 44.9 Å². The normalized spacial score (nSPS) is 15.6. The summed E-state index contributed by atoms with van der Waals surface area (Å²) in [6.45, 7) is 6.97. The third-order valence-corrected chi connectivity index (χ3v) is 4.88. The molecule has 1 atom stereocenters. The number of carbonyl (C=O) groups excluding carboxylic acids is 2. The highest BCUT2D eigenvalue weighted by Crippen LogP contribution is 2.42. The van der Waals surface area contributed by atoms with Crippen molar-refractivity contribution in [3.8, 4) is 11.5 Å². The van der Waals surface area contributed by atoms with Crippen LogP contribution in [0, 0.1) is 10.1 Å². The molecule has 3 rings (SSSR count). The number of hydrogen-bond donors (Lipinski definition) is 2. The standard InChI is InChI=1S/C24H27N3O7/c1-13(2)33-19-11-16(17(27(30)31)12-18(19)32-5)22-20(23(28)34-14(3)4)21(25-24(29)26-22)15-9-7-6-8-10-15/h6-14,22H,1-5H3,(H2,25,26,29). The van der Waals surface area contributed by atoms with Crippen molar-refractivity contribution in [2.24, 2.45) is 0 Å². The Morgan fingerprint density at radius 1 is 1.06 bits per heavy atom. The maximum atomic E-state index is 13.3. The van der Waals surface area contributed by atoms with E-state index in [4.69, 9.17) is 14.2 Å². The molecule has 0 aromatic heterocycles. The first-order valence-corrected chi connectivity index (χ1v) is 10.7. The summed E-state index contributed by atoms with van der Waals surface area (Å²) in [5.41, 5.74) is 0.496. The molecule has 1 unspecified atom stereocenters. The zero-order chi connectivity index (χ0) is 25.0. The highest BCUT2D eigenvalue weighted by atomic mass is 16.6. The monoisotopic (exact) mass is 469 g/mol. The number of methoxy groups -OCH3 is 1. The first-order chi connectivity index (χ1) is 16.1. The molecule has 1 aliphatic rings. The molecule has 2 aromatic carbocycles. The second-order valence-corrected chi connectivity index (χ2v) is 8.13. The van der Waals surface area contributed by atoms with Crippen molar-refractivity contribution in [2.45, 2.75) is 45.9 Å². The summed E-state index contributed by atoms with van der Waals surface area (Å²) in [7, 11) is 1.37. The van der Waals surface area contributed by atoms with Crippen LogP contribution < -0.4 is 20.1 Å². The van der Waals surface area contributed by atoms with Crippen molar-refractivity contribution in [2.75, 3.05) is 7.11 Å². The first kappa shape index (κ1) is 24.6. The van der Waals surface area contributed by atoms with Gasteiger partial charge in [0.2, 0.25) is 0 Å². The van der Waals surface area contributed by atoms with Crippen LogP contribution in [0.15, 0.2) is 48.0 Å². The molecular weight excluding hydrogens is 442 g/mol. The van der Waals surface area contributed by atoms with Gasteiger partial charge < -0.3 is 24.8 Å². The topological polar surface area (TPSA) is 129 Å². The zero-order valence-corrected chi connectivity index (χ0v) is 19.6. The number of amides is 2. The minimum atomic E-state index is -1.18. The summed E-state index contributed by atoms with van der Waals surface area (Å²) < 4.78 is 16.5. The number of nitro groups is 1. The van der Waals surface area contributed by atoms with E-state index in [1.54, 1.807) is 58.0 Å². The van der Waals surface area contributed by atoms with Crippen molar-refractivity contribution in [1.29, 1.82) is 0 Å². The number of carbonyl (C=O) groups is 2. The lowest BCUT2D eigenvalue weighted by molar-refractivity contribution is -0.385. The number of urea groups is 1. The van der Waals surface area contributed by atoms with E-state index < -0.39 is 29.1 Å². The van der Waals surface area contributed by atoms with Gasteiger partial charge in [-0.3, -0.25) is 10.1 Å². The molecule has 34 heavy (non-hydrogen) atoms. The Balaban J connectivity index is 2.31. The van der Waals surface area contributed by atoms with Crippen LogP contribution in [0.4, 0.5) is 10.5 Å². The molecule has 0 fully saturated rings. The summed E-state index contributed by atoms with van der Waals surface area (Å²) >= 11 is 0. The van der Waals surface area contributed by atoms with Crippen LogP contribution in [-0.2, 0) is 9.53 Å². The van der Waals surface area contributed by atoms with Gasteiger partial charge in [0, 0.05) is 0 Å². The number of hydrogen-bond acceptors (Lipinski definition) is 7. The van der Waals surface area contributed by atoms with Gasteiger partial charge in [-0.15, -0.1) is 0 Å². The van der Waals surface area contributed by atoms with Crippen molar-refractivity contribution >= 4 is 23.4 Å². The van der Waals surface area contributed by atoms with Crippen LogP contribution in [0.5, 0.6) is 11.5 Å². The Hall–Kier alpha value is -4.08. The van der Waals surface area contributed by atoms with Crippen LogP contribution in [0.25, 0.3) is 5.70 Å². The fraction of sp³-hybridized carbons (Fsp3) is 0.333. The molecular formula is C24H27N3O7. The van der Waals surface area contributed by atoms with Crippen molar-refractivity contribution in [3.05, 3.63) is 69.3 Å². The number of esters is 1. The molecule has 1 heterocycles. The Labute approximate surface area is 197 Å². The van der Waals surface area contributed by atoms with Gasteiger partial charge in [0.1, 0.15) is 0 Å². The number of benzene rings is 2. The molecule has 2 amide bonds. The first-order valence-electron chi connectivity index (χ1n) is 10.7. The van der Waals surface area contributed by atoms with Crippen LogP contribution in [0.3, 0.4) is 0 Å². The summed E-state index contributed by atoms with van der Waals surface area (Å²) in [5, 5.41) is 17.3. The molecule has 0 bridgehead atoms. The molecule has 10 nitrogen and oxygen atoms in total. The third kappa shape index (κ3) is 5.28. The van der Waals surface area contributed by atoms with Gasteiger partial charge in [-0.25, -0.2) is 9.59 Å². The summed E-state index contributed by atoms with van der Waals surface area (Å²) in [4.78, 5) is 37.3. The lowest BCUT2D eigenvalue weighted by Crippen LogP contribution is -2.45. The largest absolute Gasteiger partial charge is 0.493 e. The van der Waals surface area contributed by atoms with Gasteiger partial charge in [-0.1, -0.05) is 30.3 Å². The molecule has 2 N–H and O–H groups in total. The third-order valence-electron chi connectivity index (χ3n) is 4.88. The van der Waals surface area contributed by atoms with Gasteiger partial charge in [0.25, 0.3) is 5.69 Å². The minimum Gasteiger partial charge on any atom is -0.493 e. The molecule has 10 heteroatoms. The second-order valence-electron chi connectivity index (χ2n) is 8.13. The fourth-order valence-electron chi connectivity index (χ4n) is 3.59. The van der Waals surface area contributed by atoms with E-state index in [2.05, 4.69) is 10.6 Å². The molecule has 0 saturated heterocycles. The Morgan fingerprint density at radius 3 is 2.29 bits per heavy atom. The number of nitrogens with one attached hydrogen (secondary N) is 2. The van der Waals surface area contributed by atoms with Crippen LogP contribution >= 0.6 is 0 Å². The van der Waals surface area contributed by atoms with E-state index in [0.717, 1.165) is 0 Å². The number of nitrogens with zero attached hydrogens (tertiary/aromatic N) is 1. The Morgan fingerprint density at radius 2 is 1.74 bits per heavy atom. The van der Waals surface area contributed by atoms with E-state index in [1.807, 2.05) is 0 Å². The van der Waals surface area contributed by atoms with E-state index in [1.165, 1.54) is 19.2 Å². The molecule has 0 radical (unpaired) electrons. The molecule has 0 spiro atoms. The average Bonchev–Trinajstić information content (AvgIpc) is 2.77. The van der Waals surface area contributed by atoms with Crippen LogP contribution in [0.2, 0.25) is 0 Å². The zero-order valence-electron chi connectivity index (χ0n) is 19.6. The van der Waals surface area contributed by atoms with Gasteiger partial charge in [-0.05, 0) is 39.3 Å². The predicted octanol–water partition coefficient (Wildman–Crippen LogP) is 4.11. The van der Waals surface area contributed by atoms with E-state index in [9.17, 15) is 19.7 Å². The number of nitro benzene ring substituents is 1. The quantitative estimate of drug-likeness (QED) is 0.338. The van der Waals surface area contributed by atoms with Gasteiger partial charge in [0.05, 0.1) is 53.2 Å². The summed E-state index contributed by atoms with van der Waals surface area (Å²) in [5.74, 6) is -0.325. The summed E-state index contributed by atoms with van der Waals surface area (Å²) in [6.07, 6.45) is -0.715. The van der Waals surface area contributed by atoms with Gasteiger partial charge in [0.15, 0.2) is 11.5 Å². The van der Waals surface area contributed by atoms with E-state index in [-0.39, 0.29) is 40.1 Å². The maximum absolute atomic E-state index is 13.3. The van der Waals surface area contributed by atoms with Gasteiger partial charge >= 0.3 is 12.0 Å². The van der Waals surface area contributed by atoms with Crippen molar-refractivity contribution in [1.82, 2.24) is 10.6 Å².